The van der Waals surface area contributed by atoms with E-state index in [2.05, 4.69) is 10.2 Å². The smallest absolute Gasteiger partial charge is 0.530 e. The minimum atomic E-state index is -3.60. The Hall–Kier alpha value is -2.28. The van der Waals surface area contributed by atoms with E-state index >= 15 is 0 Å². The molecule has 44 heavy (non-hydrogen) atoms. The van der Waals surface area contributed by atoms with Gasteiger partial charge in [0.2, 0.25) is 10.0 Å². The molecule has 3 aromatic carbocycles. The van der Waals surface area contributed by atoms with Gasteiger partial charge in [0.25, 0.3) is 5.91 Å². The second-order valence-corrected chi connectivity index (χ2v) is 13.4. The first kappa shape index (κ1) is 34.6. The number of amides is 2. The van der Waals surface area contributed by atoms with Crippen LogP contribution in [0.25, 0.3) is 5.48 Å². The van der Waals surface area contributed by atoms with Gasteiger partial charge in [0.05, 0.1) is 30.4 Å². The maximum Gasteiger partial charge on any atom is 1.00 e. The molecule has 2 amide bonds. The van der Waals surface area contributed by atoms with Crippen molar-refractivity contribution < 1.29 is 57.2 Å². The van der Waals surface area contributed by atoms with Gasteiger partial charge in [-0.25, -0.2) is 13.1 Å². The second-order valence-electron chi connectivity index (χ2n) is 10.7. The molecule has 0 unspecified atom stereocenters. The zero-order valence-corrected chi connectivity index (χ0v) is 28.5. The minimum absolute atomic E-state index is 0. The SMILES string of the molecule is CS(=O)(=O)N[C@@H]1CCCC[C@H]1N1C(=O)c2ccccc2[C@@H](C(=O)[N-]OCc2cccc([C-]=O)c2)[C@@H]1c1ccc(Cl)cc1Cl.[Na+]. The summed E-state index contributed by atoms with van der Waals surface area (Å²) in [4.78, 5) is 46.4. The number of benzene rings is 3. The fourth-order valence-electron chi connectivity index (χ4n) is 6.06. The van der Waals surface area contributed by atoms with Gasteiger partial charge in [0.1, 0.15) is 0 Å². The van der Waals surface area contributed by atoms with Crippen LogP contribution >= 0.6 is 23.2 Å². The average Bonchev–Trinajstić information content (AvgIpc) is 2.97. The monoisotopic (exact) mass is 664 g/mol. The van der Waals surface area contributed by atoms with Crippen molar-refractivity contribution in [1.29, 1.82) is 0 Å². The average molecular weight is 666 g/mol. The van der Waals surface area contributed by atoms with E-state index in [9.17, 15) is 22.8 Å². The van der Waals surface area contributed by atoms with E-state index in [4.69, 9.17) is 28.0 Å². The Balaban J connectivity index is 0.00000442. The van der Waals surface area contributed by atoms with Crippen LogP contribution in [0.4, 0.5) is 0 Å². The number of nitrogens with zero attached hydrogens (tertiary/aromatic N) is 2. The van der Waals surface area contributed by atoms with Crippen LogP contribution in [0, 0.1) is 0 Å². The van der Waals surface area contributed by atoms with Gasteiger partial charge in [0, 0.05) is 34.3 Å². The summed E-state index contributed by atoms with van der Waals surface area (Å²) in [5.74, 6) is -2.02. The summed E-state index contributed by atoms with van der Waals surface area (Å²) in [6.45, 7) is -0.0758. The summed E-state index contributed by atoms with van der Waals surface area (Å²) >= 11 is 13.0. The molecule has 2 aliphatic rings. The first-order valence-electron chi connectivity index (χ1n) is 13.7. The fourth-order valence-corrected chi connectivity index (χ4v) is 7.41. The largest absolute Gasteiger partial charge is 1.00 e. The molecule has 5 rings (SSSR count). The quantitative estimate of drug-likeness (QED) is 0.213. The number of carbonyl (C=O) groups is 2. The molecule has 1 aliphatic heterocycles. The number of halogens is 2. The molecule has 1 fully saturated rings. The fraction of sp³-hybridized carbons (Fsp3) is 0.323. The molecule has 0 saturated heterocycles. The summed E-state index contributed by atoms with van der Waals surface area (Å²) < 4.78 is 27.4. The van der Waals surface area contributed by atoms with Crippen molar-refractivity contribution in [3.63, 3.8) is 0 Å². The zero-order chi connectivity index (χ0) is 30.7. The Labute approximate surface area is 288 Å². The van der Waals surface area contributed by atoms with E-state index in [1.807, 2.05) is 6.29 Å². The normalized spacial score (nSPS) is 21.6. The van der Waals surface area contributed by atoms with Crippen molar-refractivity contribution in [2.45, 2.75) is 56.3 Å². The number of sulfonamides is 1. The predicted molar refractivity (Wildman–Crippen MR) is 163 cm³/mol. The van der Waals surface area contributed by atoms with Gasteiger partial charge in [-0.3, -0.25) is 4.79 Å². The molecule has 1 saturated carbocycles. The van der Waals surface area contributed by atoms with Crippen molar-refractivity contribution >= 4 is 51.3 Å². The van der Waals surface area contributed by atoms with Crippen molar-refractivity contribution in [2.75, 3.05) is 6.26 Å². The van der Waals surface area contributed by atoms with Crippen molar-refractivity contribution in [3.05, 3.63) is 110 Å². The van der Waals surface area contributed by atoms with E-state index in [-0.39, 0.29) is 47.1 Å². The summed E-state index contributed by atoms with van der Waals surface area (Å²) in [5, 5.41) is 0.626. The Kier molecular flexibility index (Phi) is 11.7. The standard InChI is InChI=1S/C31H30Cl2N3O6S.Na/c1-43(40,41)35-26-11-4-5-12-27(26)36-29(24-14-13-21(32)16-25(24)33)28(22-9-2-3-10-23(22)31(36)39)30(38)34-42-18-20-8-6-7-19(15-20)17-37;/h2-3,6-10,13-16,26-29,35H,4-5,11-12,18H2,1H3,(H,34,38);/q-1;+1/p-1/t26-,27-,28-,29+;/m1./s1. The molecule has 9 nitrogen and oxygen atoms in total. The van der Waals surface area contributed by atoms with Crippen LogP contribution in [0.5, 0.6) is 0 Å². The summed E-state index contributed by atoms with van der Waals surface area (Å²) in [6, 6.07) is 16.1. The summed E-state index contributed by atoms with van der Waals surface area (Å²) in [7, 11) is -3.60. The van der Waals surface area contributed by atoms with E-state index in [1.54, 1.807) is 71.6 Å². The van der Waals surface area contributed by atoms with Gasteiger partial charge < -0.3 is 24.8 Å². The zero-order valence-electron chi connectivity index (χ0n) is 24.2. The van der Waals surface area contributed by atoms with E-state index in [0.29, 0.717) is 45.7 Å². The first-order valence-corrected chi connectivity index (χ1v) is 16.4. The molecule has 0 spiro atoms. The summed E-state index contributed by atoms with van der Waals surface area (Å²) in [5.41, 5.74) is 6.15. The number of rotatable bonds is 9. The third-order valence-electron chi connectivity index (χ3n) is 7.81. The van der Waals surface area contributed by atoms with Crippen LogP contribution in [-0.4, -0.2) is 49.8 Å². The number of hydroxylamine groups is 1. The second kappa shape index (κ2) is 14.9. The first-order chi connectivity index (χ1) is 20.6. The Morgan fingerprint density at radius 1 is 1.05 bits per heavy atom. The van der Waals surface area contributed by atoms with Crippen molar-refractivity contribution in [1.82, 2.24) is 9.62 Å². The molecule has 0 aromatic heterocycles. The number of fused-ring (bicyclic) bond motifs is 1. The maximum absolute atomic E-state index is 14.3. The molecular weight excluding hydrogens is 636 g/mol. The molecule has 226 valence electrons. The Morgan fingerprint density at radius 3 is 2.52 bits per heavy atom. The molecule has 13 heteroatoms. The van der Waals surface area contributed by atoms with Crippen molar-refractivity contribution in [2.24, 2.45) is 0 Å². The van der Waals surface area contributed by atoms with Crippen LogP contribution in [-0.2, 0) is 31.1 Å². The molecule has 0 bridgehead atoms. The van der Waals surface area contributed by atoms with Crippen molar-refractivity contribution in [3.8, 4) is 0 Å². The molecule has 0 radical (unpaired) electrons. The number of hydrogen-bond acceptors (Lipinski definition) is 6. The van der Waals surface area contributed by atoms with Crippen LogP contribution < -0.4 is 34.3 Å². The van der Waals surface area contributed by atoms with Crippen LogP contribution in [0.15, 0.2) is 66.7 Å². The Morgan fingerprint density at radius 2 is 1.80 bits per heavy atom. The van der Waals surface area contributed by atoms with Crippen LogP contribution in [0.2, 0.25) is 10.0 Å². The predicted octanol–water partition coefficient (Wildman–Crippen LogP) is 2.63. The Bertz CT molecular complexity index is 1660. The number of nitrogens with one attached hydrogen (secondary N) is 1. The third kappa shape index (κ3) is 7.74. The van der Waals surface area contributed by atoms with Gasteiger partial charge in [-0.2, -0.15) is 17.7 Å². The van der Waals surface area contributed by atoms with Gasteiger partial charge >= 0.3 is 29.6 Å². The number of hydrogen-bond donors (Lipinski definition) is 1. The van der Waals surface area contributed by atoms with Crippen LogP contribution in [0.3, 0.4) is 0 Å². The molecule has 1 heterocycles. The van der Waals surface area contributed by atoms with Gasteiger partial charge in [-0.05, 0) is 42.2 Å². The molecule has 1 N–H and O–H groups in total. The van der Waals surface area contributed by atoms with E-state index in [1.165, 1.54) is 0 Å². The van der Waals surface area contributed by atoms with E-state index < -0.39 is 40.0 Å². The van der Waals surface area contributed by atoms with Crippen LogP contribution in [0.1, 0.15) is 70.3 Å². The van der Waals surface area contributed by atoms with E-state index in [0.717, 1.165) is 19.1 Å². The number of carbonyl (C=O) groups excluding carboxylic acids is 3. The van der Waals surface area contributed by atoms with Gasteiger partial charge in [0.15, 0.2) is 0 Å². The van der Waals surface area contributed by atoms with Gasteiger partial charge in [-0.15, -0.1) is 6.07 Å². The minimum Gasteiger partial charge on any atom is -0.530 e. The molecule has 1 aliphatic carbocycles. The molecular formula is C31H29Cl2N3NaO6S-. The molecule has 4 atom stereocenters. The summed E-state index contributed by atoms with van der Waals surface area (Å²) in [6.07, 6.45) is 5.49. The molecule has 3 aromatic rings. The topological polar surface area (TPSA) is 124 Å². The third-order valence-corrected chi connectivity index (χ3v) is 9.10. The van der Waals surface area contributed by atoms with Gasteiger partial charge in [-0.1, -0.05) is 71.9 Å². The maximum atomic E-state index is 14.3.